The number of nitrogens with zero attached hydrogens (tertiary/aromatic N) is 7. The van der Waals surface area contributed by atoms with Crippen LogP contribution in [0.2, 0.25) is 0 Å². The van der Waals surface area contributed by atoms with Gasteiger partial charge in [0.15, 0.2) is 11.5 Å². The van der Waals surface area contributed by atoms with Gasteiger partial charge in [-0.2, -0.15) is 4.98 Å². The molecule has 0 spiro atoms. The molecule has 33 heavy (non-hydrogen) atoms. The molecule has 11 heteroatoms. The van der Waals surface area contributed by atoms with Crippen molar-refractivity contribution in [3.63, 3.8) is 0 Å². The van der Waals surface area contributed by atoms with E-state index in [9.17, 15) is 8.78 Å². The first kappa shape index (κ1) is 21.5. The lowest BCUT2D eigenvalue weighted by molar-refractivity contribution is -0.0675. The molecule has 1 aliphatic rings. The Balaban J connectivity index is 1.52. The zero-order chi connectivity index (χ0) is 23.5. The fraction of sp³-hybridized carbons (Fsp3) is 0.455. The molecule has 5 rings (SSSR count). The number of halogens is 2. The zero-order valence-electron chi connectivity index (χ0n) is 19.0. The van der Waals surface area contributed by atoms with Crippen LogP contribution in [0.4, 0.5) is 20.5 Å². The number of fused-ring (bicyclic) bond motifs is 2. The van der Waals surface area contributed by atoms with Crippen LogP contribution >= 0.6 is 0 Å². The van der Waals surface area contributed by atoms with Crippen LogP contribution in [-0.2, 0) is 0 Å². The van der Waals surface area contributed by atoms with E-state index in [1.165, 1.54) is 0 Å². The third-order valence-corrected chi connectivity index (χ3v) is 6.14. The highest BCUT2D eigenvalue weighted by Crippen LogP contribution is 2.32. The lowest BCUT2D eigenvalue weighted by Gasteiger charge is -2.36. The highest BCUT2D eigenvalue weighted by molar-refractivity contribution is 5.88. The van der Waals surface area contributed by atoms with Gasteiger partial charge in [0.05, 0.1) is 18.3 Å². The maximum atomic E-state index is 14.5. The van der Waals surface area contributed by atoms with Gasteiger partial charge in [-0.1, -0.05) is 0 Å². The molecule has 0 unspecified atom stereocenters. The molecule has 3 N–H and O–H groups in total. The van der Waals surface area contributed by atoms with Crippen molar-refractivity contribution in [2.75, 3.05) is 31.2 Å². The lowest BCUT2D eigenvalue weighted by atomic mass is 10.0. The van der Waals surface area contributed by atoms with E-state index in [2.05, 4.69) is 38.8 Å². The minimum Gasteiger partial charge on any atom is -0.382 e. The molecule has 0 saturated carbocycles. The molecular formula is C22H27F2N9. The molecule has 0 aliphatic carbocycles. The van der Waals surface area contributed by atoms with Crippen LogP contribution in [0.25, 0.3) is 27.9 Å². The minimum atomic E-state index is -2.89. The van der Waals surface area contributed by atoms with Gasteiger partial charge in [-0.05, 0) is 52.4 Å². The van der Waals surface area contributed by atoms with Crippen LogP contribution in [0, 0.1) is 6.92 Å². The summed E-state index contributed by atoms with van der Waals surface area (Å²) in [7, 11) is 1.69. The number of aryl methyl sites for hydroxylation is 1. The van der Waals surface area contributed by atoms with Crippen molar-refractivity contribution in [2.24, 2.45) is 0 Å². The molecule has 4 aromatic rings. The molecule has 0 bridgehead atoms. The highest BCUT2D eigenvalue weighted by atomic mass is 19.3. The monoisotopic (exact) mass is 455 g/mol. The molecule has 1 saturated heterocycles. The average molecular weight is 456 g/mol. The van der Waals surface area contributed by atoms with Gasteiger partial charge in [0.25, 0.3) is 5.92 Å². The van der Waals surface area contributed by atoms with Crippen molar-refractivity contribution < 1.29 is 8.78 Å². The topological polar surface area (TPSA) is 102 Å². The van der Waals surface area contributed by atoms with Crippen molar-refractivity contribution in [1.82, 2.24) is 34.0 Å². The second-order valence-electron chi connectivity index (χ2n) is 8.99. The van der Waals surface area contributed by atoms with Gasteiger partial charge in [0.2, 0.25) is 5.95 Å². The summed E-state index contributed by atoms with van der Waals surface area (Å²) < 4.78 is 32.5. The first-order valence-corrected chi connectivity index (χ1v) is 11.0. The number of hydrogen-bond donors (Lipinski definition) is 2. The number of piperidine rings is 1. The van der Waals surface area contributed by atoms with Gasteiger partial charge in [-0.25, -0.2) is 23.3 Å². The standard InChI is InChI=1S/C22H27F2N9/c1-12(2)33-13(3)26-16-6-5-15(27-20(16)33)14-7-10-32-18(14)19(25)29-21(30-32)28-17-8-9-31(4)11-22(17,23)24/h5-7,10,12,17H,8-9,11H2,1-4H3,(H3,25,28,29,30)/t17-/m1/s1. The van der Waals surface area contributed by atoms with Crippen LogP contribution in [-0.4, -0.2) is 66.1 Å². The number of hydrogen-bond acceptors (Lipinski definition) is 7. The predicted molar refractivity (Wildman–Crippen MR) is 124 cm³/mol. The Morgan fingerprint density at radius 1 is 1.18 bits per heavy atom. The van der Waals surface area contributed by atoms with Gasteiger partial charge in [-0.15, -0.1) is 5.10 Å². The van der Waals surface area contributed by atoms with E-state index < -0.39 is 12.0 Å². The van der Waals surface area contributed by atoms with Crippen LogP contribution in [0.1, 0.15) is 32.1 Å². The van der Waals surface area contributed by atoms with Gasteiger partial charge in [-0.3, -0.25) is 0 Å². The van der Waals surface area contributed by atoms with E-state index in [1.807, 2.05) is 25.1 Å². The maximum Gasteiger partial charge on any atom is 0.280 e. The fourth-order valence-corrected chi connectivity index (χ4v) is 4.62. The second-order valence-corrected chi connectivity index (χ2v) is 8.99. The Morgan fingerprint density at radius 3 is 2.70 bits per heavy atom. The Labute approximate surface area is 189 Å². The zero-order valence-corrected chi connectivity index (χ0v) is 19.0. The Kier molecular flexibility index (Phi) is 4.96. The quantitative estimate of drug-likeness (QED) is 0.486. The third kappa shape index (κ3) is 3.65. The first-order chi connectivity index (χ1) is 15.6. The summed E-state index contributed by atoms with van der Waals surface area (Å²) in [4.78, 5) is 15.4. The van der Waals surface area contributed by atoms with E-state index in [0.717, 1.165) is 22.6 Å². The number of nitrogens with two attached hydrogens (primary N) is 1. The number of alkyl halides is 2. The van der Waals surface area contributed by atoms with E-state index in [4.69, 9.17) is 10.7 Å². The first-order valence-electron chi connectivity index (χ1n) is 11.0. The molecule has 1 fully saturated rings. The number of nitrogens with one attached hydrogen (secondary N) is 1. The summed E-state index contributed by atoms with van der Waals surface area (Å²) in [6.45, 7) is 6.40. The largest absolute Gasteiger partial charge is 0.382 e. The normalized spacial score (nSPS) is 19.1. The molecule has 9 nitrogen and oxygen atoms in total. The molecule has 174 valence electrons. The Hall–Kier alpha value is -3.34. The number of likely N-dealkylation sites (tertiary alicyclic amines) is 1. The molecule has 0 amide bonds. The molecular weight excluding hydrogens is 428 g/mol. The molecule has 1 aliphatic heterocycles. The van der Waals surface area contributed by atoms with Crippen LogP contribution in [0.5, 0.6) is 0 Å². The van der Waals surface area contributed by atoms with Crippen LogP contribution in [0.3, 0.4) is 0 Å². The average Bonchev–Trinajstić information content (AvgIpc) is 3.29. The summed E-state index contributed by atoms with van der Waals surface area (Å²) in [5.41, 5.74) is 9.95. The van der Waals surface area contributed by atoms with Crippen molar-refractivity contribution in [3.05, 3.63) is 30.2 Å². The molecule has 0 aromatic carbocycles. The van der Waals surface area contributed by atoms with Gasteiger partial charge in [0.1, 0.15) is 16.9 Å². The number of pyridine rings is 1. The van der Waals surface area contributed by atoms with Crippen LogP contribution in [0.15, 0.2) is 24.4 Å². The van der Waals surface area contributed by atoms with Crippen molar-refractivity contribution >= 4 is 28.4 Å². The SMILES string of the molecule is Cc1nc2ccc(-c3ccn4nc(N[C@@H]5CCN(C)CC5(F)F)nc(N)c34)nc2n1C(C)C. The smallest absolute Gasteiger partial charge is 0.280 e. The summed E-state index contributed by atoms with van der Waals surface area (Å²) in [5.74, 6) is -1.72. The van der Waals surface area contributed by atoms with Crippen molar-refractivity contribution in [1.29, 1.82) is 0 Å². The summed E-state index contributed by atoms with van der Waals surface area (Å²) >= 11 is 0. The lowest BCUT2D eigenvalue weighted by Crippen LogP contribution is -2.53. The van der Waals surface area contributed by atoms with E-state index in [1.54, 1.807) is 22.7 Å². The second kappa shape index (κ2) is 7.62. The van der Waals surface area contributed by atoms with Gasteiger partial charge in [0, 0.05) is 24.3 Å². The number of anilines is 2. The molecule has 4 aromatic heterocycles. The van der Waals surface area contributed by atoms with Crippen molar-refractivity contribution in [2.45, 2.75) is 45.2 Å². The molecule has 0 radical (unpaired) electrons. The van der Waals surface area contributed by atoms with Crippen molar-refractivity contribution in [3.8, 4) is 11.3 Å². The number of imidazole rings is 1. The van der Waals surface area contributed by atoms with E-state index in [0.29, 0.717) is 17.8 Å². The summed E-state index contributed by atoms with van der Waals surface area (Å²) in [6.07, 6.45) is 2.02. The summed E-state index contributed by atoms with van der Waals surface area (Å²) in [6, 6.07) is 4.83. The number of nitrogen functional groups attached to an aromatic ring is 1. The third-order valence-electron chi connectivity index (χ3n) is 6.14. The summed E-state index contributed by atoms with van der Waals surface area (Å²) in [5, 5.41) is 7.19. The Bertz CT molecular complexity index is 1340. The fourth-order valence-electron chi connectivity index (χ4n) is 4.62. The minimum absolute atomic E-state index is 0.0771. The van der Waals surface area contributed by atoms with Crippen LogP contribution < -0.4 is 11.1 Å². The highest BCUT2D eigenvalue weighted by Gasteiger charge is 2.44. The number of aromatic nitrogens is 6. The maximum absolute atomic E-state index is 14.5. The van der Waals surface area contributed by atoms with E-state index in [-0.39, 0.29) is 30.8 Å². The molecule has 5 heterocycles. The van der Waals surface area contributed by atoms with Gasteiger partial charge >= 0.3 is 0 Å². The number of rotatable bonds is 4. The predicted octanol–water partition coefficient (Wildman–Crippen LogP) is 3.36. The Morgan fingerprint density at radius 2 is 1.97 bits per heavy atom. The van der Waals surface area contributed by atoms with Gasteiger partial charge < -0.3 is 20.5 Å². The van der Waals surface area contributed by atoms with E-state index >= 15 is 0 Å². The molecule has 1 atom stereocenters.